The molecule has 1 aromatic carbocycles. The average molecular weight is 275 g/mol. The van der Waals surface area contributed by atoms with Crippen molar-refractivity contribution in [1.82, 2.24) is 10.3 Å². The van der Waals surface area contributed by atoms with E-state index in [1.54, 1.807) is 6.20 Å². The van der Waals surface area contributed by atoms with Crippen LogP contribution in [0.25, 0.3) is 0 Å². The fraction of sp³-hybridized carbons (Fsp3) is 0.312. The third kappa shape index (κ3) is 4.34. The first-order valence-corrected chi connectivity index (χ1v) is 7.03. The first-order valence-electron chi connectivity index (χ1n) is 6.65. The largest absolute Gasteiger partial charge is 0.314 e. The van der Waals surface area contributed by atoms with Gasteiger partial charge in [-0.05, 0) is 42.6 Å². The van der Waals surface area contributed by atoms with Gasteiger partial charge in [-0.1, -0.05) is 42.8 Å². The molecule has 1 unspecified atom stereocenters. The third-order valence-corrected chi connectivity index (χ3v) is 3.49. The first-order chi connectivity index (χ1) is 9.29. The van der Waals surface area contributed by atoms with Crippen LogP contribution in [0.2, 0.25) is 5.02 Å². The zero-order chi connectivity index (χ0) is 13.5. The monoisotopic (exact) mass is 274 g/mol. The lowest BCUT2D eigenvalue weighted by Crippen LogP contribution is -2.33. The Hall–Kier alpha value is -1.38. The minimum Gasteiger partial charge on any atom is -0.314 e. The molecule has 1 aromatic heterocycles. The topological polar surface area (TPSA) is 24.9 Å². The van der Waals surface area contributed by atoms with Crippen LogP contribution in [0.3, 0.4) is 0 Å². The van der Waals surface area contributed by atoms with Crippen LogP contribution in [0.4, 0.5) is 0 Å². The first kappa shape index (κ1) is 14.0. The number of nitrogens with one attached hydrogen (secondary N) is 1. The molecule has 0 bridgehead atoms. The minimum absolute atomic E-state index is 0.383. The van der Waals surface area contributed by atoms with Gasteiger partial charge in [0.05, 0.1) is 0 Å². The number of aromatic nitrogens is 1. The number of benzene rings is 1. The molecule has 19 heavy (non-hydrogen) atoms. The van der Waals surface area contributed by atoms with Gasteiger partial charge >= 0.3 is 0 Å². The quantitative estimate of drug-likeness (QED) is 0.872. The molecule has 2 nitrogen and oxygen atoms in total. The van der Waals surface area contributed by atoms with Gasteiger partial charge in [0.2, 0.25) is 0 Å². The third-order valence-electron chi connectivity index (χ3n) is 3.12. The molecule has 0 saturated carbocycles. The van der Waals surface area contributed by atoms with Crippen LogP contribution in [-0.2, 0) is 12.8 Å². The summed E-state index contributed by atoms with van der Waals surface area (Å²) < 4.78 is 0. The number of halogens is 1. The van der Waals surface area contributed by atoms with Gasteiger partial charge in [0.15, 0.2) is 0 Å². The van der Waals surface area contributed by atoms with Crippen molar-refractivity contribution in [3.8, 4) is 0 Å². The van der Waals surface area contributed by atoms with E-state index in [4.69, 9.17) is 11.6 Å². The van der Waals surface area contributed by atoms with Crippen LogP contribution in [0.1, 0.15) is 18.1 Å². The van der Waals surface area contributed by atoms with Gasteiger partial charge in [-0.2, -0.15) is 0 Å². The SMILES string of the molecule is CCNC(Cc1cccnc1)Cc1ccccc1Cl. The van der Waals surface area contributed by atoms with Crippen LogP contribution < -0.4 is 5.32 Å². The second kappa shape index (κ2) is 7.27. The zero-order valence-corrected chi connectivity index (χ0v) is 11.9. The number of pyridine rings is 1. The highest BCUT2D eigenvalue weighted by Crippen LogP contribution is 2.18. The molecule has 1 heterocycles. The summed E-state index contributed by atoms with van der Waals surface area (Å²) in [7, 11) is 0. The number of rotatable bonds is 6. The van der Waals surface area contributed by atoms with E-state index in [2.05, 4.69) is 29.4 Å². The summed E-state index contributed by atoms with van der Waals surface area (Å²) in [4.78, 5) is 4.17. The second-order valence-electron chi connectivity index (χ2n) is 4.62. The summed E-state index contributed by atoms with van der Waals surface area (Å²) >= 11 is 6.23. The van der Waals surface area contributed by atoms with Crippen molar-refractivity contribution in [2.24, 2.45) is 0 Å². The van der Waals surface area contributed by atoms with Crippen molar-refractivity contribution in [1.29, 1.82) is 0 Å². The van der Waals surface area contributed by atoms with E-state index in [1.165, 1.54) is 11.1 Å². The fourth-order valence-corrected chi connectivity index (χ4v) is 2.45. The molecule has 1 atom stereocenters. The summed E-state index contributed by atoms with van der Waals surface area (Å²) in [6, 6.07) is 12.5. The molecular formula is C16H19ClN2. The van der Waals surface area contributed by atoms with Crippen molar-refractivity contribution in [3.63, 3.8) is 0 Å². The molecule has 0 fully saturated rings. The average Bonchev–Trinajstić information content (AvgIpc) is 2.43. The lowest BCUT2D eigenvalue weighted by Gasteiger charge is -2.18. The summed E-state index contributed by atoms with van der Waals surface area (Å²) in [5, 5.41) is 4.36. The van der Waals surface area contributed by atoms with E-state index < -0.39 is 0 Å². The van der Waals surface area contributed by atoms with Gasteiger partial charge < -0.3 is 5.32 Å². The molecule has 0 radical (unpaired) electrons. The summed E-state index contributed by atoms with van der Waals surface area (Å²) in [5.41, 5.74) is 2.44. The molecular weight excluding hydrogens is 256 g/mol. The lowest BCUT2D eigenvalue weighted by molar-refractivity contribution is 0.521. The Morgan fingerprint density at radius 2 is 2.00 bits per heavy atom. The maximum atomic E-state index is 6.23. The highest BCUT2D eigenvalue weighted by atomic mass is 35.5. The van der Waals surface area contributed by atoms with Gasteiger partial charge in [0.1, 0.15) is 0 Å². The van der Waals surface area contributed by atoms with Gasteiger partial charge in [-0.25, -0.2) is 0 Å². The summed E-state index contributed by atoms with van der Waals surface area (Å²) in [6.07, 6.45) is 5.63. The lowest BCUT2D eigenvalue weighted by atomic mass is 10.00. The predicted octanol–water partition coefficient (Wildman–Crippen LogP) is 3.50. The van der Waals surface area contributed by atoms with E-state index in [1.807, 2.05) is 30.5 Å². The Kier molecular flexibility index (Phi) is 5.37. The van der Waals surface area contributed by atoms with Crippen molar-refractivity contribution < 1.29 is 0 Å². The van der Waals surface area contributed by atoms with E-state index in [0.717, 1.165) is 24.4 Å². The molecule has 2 aromatic rings. The molecule has 0 amide bonds. The maximum absolute atomic E-state index is 6.23. The standard InChI is InChI=1S/C16H19ClN2/c1-2-19-15(10-13-6-5-9-18-12-13)11-14-7-3-4-8-16(14)17/h3-9,12,15,19H,2,10-11H2,1H3. The molecule has 2 rings (SSSR count). The molecule has 0 aliphatic heterocycles. The Balaban J connectivity index is 2.06. The van der Waals surface area contributed by atoms with Crippen molar-refractivity contribution in [2.75, 3.05) is 6.54 Å². The highest BCUT2D eigenvalue weighted by molar-refractivity contribution is 6.31. The van der Waals surface area contributed by atoms with Crippen molar-refractivity contribution in [2.45, 2.75) is 25.8 Å². The second-order valence-corrected chi connectivity index (χ2v) is 5.02. The zero-order valence-electron chi connectivity index (χ0n) is 11.1. The highest BCUT2D eigenvalue weighted by Gasteiger charge is 2.11. The van der Waals surface area contributed by atoms with Crippen LogP contribution >= 0.6 is 11.6 Å². The molecule has 100 valence electrons. The van der Waals surface area contributed by atoms with Crippen LogP contribution in [0.15, 0.2) is 48.8 Å². The summed E-state index contributed by atoms with van der Waals surface area (Å²) in [5.74, 6) is 0. The Bertz CT molecular complexity index is 499. The van der Waals surface area contributed by atoms with E-state index >= 15 is 0 Å². The summed E-state index contributed by atoms with van der Waals surface area (Å²) in [6.45, 7) is 3.08. The van der Waals surface area contributed by atoms with Gasteiger partial charge in [0, 0.05) is 23.5 Å². The number of likely N-dealkylation sites (N-methyl/N-ethyl adjacent to an activating group) is 1. The van der Waals surface area contributed by atoms with E-state index in [9.17, 15) is 0 Å². The molecule has 1 N–H and O–H groups in total. The Morgan fingerprint density at radius 3 is 2.68 bits per heavy atom. The van der Waals surface area contributed by atoms with E-state index in [0.29, 0.717) is 6.04 Å². The van der Waals surface area contributed by atoms with E-state index in [-0.39, 0.29) is 0 Å². The van der Waals surface area contributed by atoms with Crippen LogP contribution in [0, 0.1) is 0 Å². The van der Waals surface area contributed by atoms with Crippen LogP contribution in [-0.4, -0.2) is 17.6 Å². The fourth-order valence-electron chi connectivity index (χ4n) is 2.24. The Labute approximate surface area is 119 Å². The number of nitrogens with zero attached hydrogens (tertiary/aromatic N) is 1. The van der Waals surface area contributed by atoms with Gasteiger partial charge in [-0.15, -0.1) is 0 Å². The van der Waals surface area contributed by atoms with Gasteiger partial charge in [-0.3, -0.25) is 4.98 Å². The normalized spacial score (nSPS) is 12.3. The minimum atomic E-state index is 0.383. The molecule has 0 saturated heterocycles. The molecule has 3 heteroatoms. The molecule has 0 spiro atoms. The number of hydrogen-bond acceptors (Lipinski definition) is 2. The maximum Gasteiger partial charge on any atom is 0.0438 e. The molecule has 0 aliphatic rings. The van der Waals surface area contributed by atoms with Crippen LogP contribution in [0.5, 0.6) is 0 Å². The van der Waals surface area contributed by atoms with Crippen molar-refractivity contribution >= 4 is 11.6 Å². The number of hydrogen-bond donors (Lipinski definition) is 1. The van der Waals surface area contributed by atoms with Crippen molar-refractivity contribution in [3.05, 3.63) is 64.9 Å². The van der Waals surface area contributed by atoms with Gasteiger partial charge in [0.25, 0.3) is 0 Å². The predicted molar refractivity (Wildman–Crippen MR) is 80.6 cm³/mol. The molecule has 0 aliphatic carbocycles. The Morgan fingerprint density at radius 1 is 1.16 bits per heavy atom. The smallest absolute Gasteiger partial charge is 0.0438 e.